The van der Waals surface area contributed by atoms with Crippen molar-refractivity contribution >= 4 is 0 Å². The van der Waals surface area contributed by atoms with Gasteiger partial charge in [-0.25, -0.2) is 0 Å². The Morgan fingerprint density at radius 2 is 1.95 bits per heavy atom. The molecule has 2 bridgehead atoms. The van der Waals surface area contributed by atoms with Crippen LogP contribution in [-0.2, 0) is 6.42 Å². The molecule has 0 aromatic heterocycles. The molecule has 116 valence electrons. The first-order valence-corrected chi connectivity index (χ1v) is 8.77. The molecule has 1 aromatic carbocycles. The molecule has 2 aliphatic rings. The van der Waals surface area contributed by atoms with Gasteiger partial charge in [0.2, 0.25) is 0 Å². The van der Waals surface area contributed by atoms with Gasteiger partial charge >= 0.3 is 0 Å². The third kappa shape index (κ3) is 3.67. The van der Waals surface area contributed by atoms with E-state index in [4.69, 9.17) is 5.11 Å². The molecule has 1 saturated carbocycles. The fraction of sp³-hybridized carbons (Fsp3) is 0.684. The minimum Gasteiger partial charge on any atom is -0.396 e. The number of aliphatic hydroxyl groups is 1. The number of piperidine rings is 1. The van der Waals surface area contributed by atoms with Crippen LogP contribution in [0, 0.1) is 11.8 Å². The van der Waals surface area contributed by atoms with Gasteiger partial charge in [-0.05, 0) is 56.0 Å². The quantitative estimate of drug-likeness (QED) is 0.865. The number of aliphatic hydroxyl groups excluding tert-OH is 1. The maximum Gasteiger partial charge on any atom is 0.0431 e. The first-order valence-electron chi connectivity index (χ1n) is 8.77. The third-order valence-corrected chi connectivity index (χ3v) is 5.66. The van der Waals surface area contributed by atoms with Crippen LogP contribution in [0.3, 0.4) is 0 Å². The molecule has 2 heteroatoms. The summed E-state index contributed by atoms with van der Waals surface area (Å²) in [6.45, 7) is 2.86. The van der Waals surface area contributed by atoms with E-state index in [-0.39, 0.29) is 0 Å². The lowest BCUT2D eigenvalue weighted by atomic mass is 9.69. The number of hydrogen-bond acceptors (Lipinski definition) is 2. The molecule has 1 N–H and O–H groups in total. The van der Waals surface area contributed by atoms with Gasteiger partial charge < -0.3 is 5.11 Å². The SMILES string of the molecule is OCCCC1C2CCCC1N(CCc1ccccc1)CC2. The Labute approximate surface area is 129 Å². The summed E-state index contributed by atoms with van der Waals surface area (Å²) in [6.07, 6.45) is 8.99. The van der Waals surface area contributed by atoms with E-state index in [2.05, 4.69) is 35.2 Å². The summed E-state index contributed by atoms with van der Waals surface area (Å²) >= 11 is 0. The second-order valence-corrected chi connectivity index (χ2v) is 6.85. The van der Waals surface area contributed by atoms with E-state index in [1.165, 1.54) is 57.2 Å². The average molecular weight is 287 g/mol. The Bertz CT molecular complexity index is 419. The van der Waals surface area contributed by atoms with Crippen LogP contribution in [0.1, 0.15) is 44.1 Å². The molecular weight excluding hydrogens is 258 g/mol. The van der Waals surface area contributed by atoms with Crippen LogP contribution >= 0.6 is 0 Å². The van der Waals surface area contributed by atoms with E-state index >= 15 is 0 Å². The summed E-state index contributed by atoms with van der Waals surface area (Å²) < 4.78 is 0. The zero-order chi connectivity index (χ0) is 14.5. The van der Waals surface area contributed by atoms with Gasteiger partial charge in [-0.3, -0.25) is 4.90 Å². The number of hydrogen-bond donors (Lipinski definition) is 1. The van der Waals surface area contributed by atoms with Crippen molar-refractivity contribution in [2.75, 3.05) is 19.7 Å². The van der Waals surface area contributed by atoms with Gasteiger partial charge in [-0.15, -0.1) is 0 Å². The smallest absolute Gasteiger partial charge is 0.0431 e. The van der Waals surface area contributed by atoms with Gasteiger partial charge in [-0.1, -0.05) is 43.2 Å². The van der Waals surface area contributed by atoms with Crippen LogP contribution in [0.2, 0.25) is 0 Å². The molecule has 1 aliphatic carbocycles. The molecule has 0 amide bonds. The van der Waals surface area contributed by atoms with Crippen molar-refractivity contribution < 1.29 is 5.11 Å². The Morgan fingerprint density at radius 1 is 1.10 bits per heavy atom. The number of benzene rings is 1. The lowest BCUT2D eigenvalue weighted by molar-refractivity contribution is 0.00517. The van der Waals surface area contributed by atoms with Crippen LogP contribution in [0.4, 0.5) is 0 Å². The summed E-state index contributed by atoms with van der Waals surface area (Å²) in [5, 5.41) is 9.16. The van der Waals surface area contributed by atoms with Crippen molar-refractivity contribution in [3.05, 3.63) is 35.9 Å². The van der Waals surface area contributed by atoms with E-state index in [1.54, 1.807) is 0 Å². The van der Waals surface area contributed by atoms with Gasteiger partial charge in [0.05, 0.1) is 0 Å². The molecule has 1 aromatic rings. The first kappa shape index (κ1) is 15.1. The summed E-state index contributed by atoms with van der Waals surface area (Å²) in [5.41, 5.74) is 1.46. The normalized spacial score (nSPS) is 29.5. The molecule has 3 rings (SSSR count). The van der Waals surface area contributed by atoms with Crippen molar-refractivity contribution in [3.8, 4) is 0 Å². The monoisotopic (exact) mass is 287 g/mol. The van der Waals surface area contributed by atoms with Crippen molar-refractivity contribution in [1.29, 1.82) is 0 Å². The van der Waals surface area contributed by atoms with Crippen molar-refractivity contribution in [3.63, 3.8) is 0 Å². The number of rotatable bonds is 6. The summed E-state index contributed by atoms with van der Waals surface area (Å²) in [4.78, 5) is 2.75. The highest BCUT2D eigenvalue weighted by Crippen LogP contribution is 2.41. The van der Waals surface area contributed by atoms with Gasteiger partial charge in [0, 0.05) is 19.2 Å². The zero-order valence-corrected chi connectivity index (χ0v) is 13.1. The second-order valence-electron chi connectivity index (χ2n) is 6.85. The van der Waals surface area contributed by atoms with Gasteiger partial charge in [0.1, 0.15) is 0 Å². The van der Waals surface area contributed by atoms with Crippen LogP contribution < -0.4 is 0 Å². The zero-order valence-electron chi connectivity index (χ0n) is 13.1. The van der Waals surface area contributed by atoms with E-state index < -0.39 is 0 Å². The Balaban J connectivity index is 1.59. The minimum atomic E-state index is 0.361. The maximum absolute atomic E-state index is 9.16. The van der Waals surface area contributed by atoms with Crippen molar-refractivity contribution in [2.24, 2.45) is 11.8 Å². The minimum absolute atomic E-state index is 0.361. The van der Waals surface area contributed by atoms with Crippen LogP contribution in [0.5, 0.6) is 0 Å². The van der Waals surface area contributed by atoms with Crippen LogP contribution in [0.15, 0.2) is 30.3 Å². The molecule has 1 saturated heterocycles. The van der Waals surface area contributed by atoms with Crippen molar-refractivity contribution in [1.82, 2.24) is 4.90 Å². The maximum atomic E-state index is 9.16. The highest BCUT2D eigenvalue weighted by molar-refractivity contribution is 5.15. The molecule has 21 heavy (non-hydrogen) atoms. The van der Waals surface area contributed by atoms with Crippen molar-refractivity contribution in [2.45, 2.75) is 51.0 Å². The molecular formula is C19H29NO. The third-order valence-electron chi connectivity index (χ3n) is 5.66. The van der Waals surface area contributed by atoms with Crippen LogP contribution in [0.25, 0.3) is 0 Å². The predicted molar refractivity (Wildman–Crippen MR) is 87.3 cm³/mol. The second kappa shape index (κ2) is 7.42. The Kier molecular flexibility index (Phi) is 5.32. The summed E-state index contributed by atoms with van der Waals surface area (Å²) in [7, 11) is 0. The molecule has 2 nitrogen and oxygen atoms in total. The van der Waals surface area contributed by atoms with Crippen LogP contribution in [-0.4, -0.2) is 35.7 Å². The molecule has 3 unspecified atom stereocenters. The Morgan fingerprint density at radius 3 is 2.76 bits per heavy atom. The van der Waals surface area contributed by atoms with E-state index in [9.17, 15) is 0 Å². The molecule has 0 spiro atoms. The summed E-state index contributed by atoms with van der Waals surface area (Å²) in [5.74, 6) is 1.78. The lowest BCUT2D eigenvalue weighted by Crippen LogP contribution is -2.51. The lowest BCUT2D eigenvalue weighted by Gasteiger charge is -2.49. The fourth-order valence-electron chi connectivity index (χ4n) is 4.59. The van der Waals surface area contributed by atoms with Gasteiger partial charge in [-0.2, -0.15) is 0 Å². The highest BCUT2D eigenvalue weighted by Gasteiger charge is 2.39. The number of likely N-dealkylation sites (tertiary alicyclic amines) is 1. The number of nitrogens with zero attached hydrogens (tertiary/aromatic N) is 1. The van der Waals surface area contributed by atoms with Gasteiger partial charge in [0.15, 0.2) is 0 Å². The molecule has 3 atom stereocenters. The standard InChI is InChI=1S/C19H29NO/c21-15-5-9-18-17-8-4-10-19(18)20(14-12-17)13-11-16-6-2-1-3-7-16/h1-3,6-7,17-19,21H,4-5,8-15H2. The highest BCUT2D eigenvalue weighted by atomic mass is 16.2. The Hall–Kier alpha value is -0.860. The fourth-order valence-corrected chi connectivity index (χ4v) is 4.59. The van der Waals surface area contributed by atoms with E-state index in [1.807, 2.05) is 0 Å². The number of fused-ring (bicyclic) bond motifs is 2. The molecule has 0 radical (unpaired) electrons. The molecule has 2 fully saturated rings. The molecule has 1 aliphatic heterocycles. The largest absolute Gasteiger partial charge is 0.396 e. The summed E-state index contributed by atoms with van der Waals surface area (Å²) in [6, 6.07) is 11.7. The van der Waals surface area contributed by atoms with E-state index in [0.717, 1.165) is 24.3 Å². The molecule has 1 heterocycles. The topological polar surface area (TPSA) is 23.5 Å². The predicted octanol–water partition coefficient (Wildman–Crippen LogP) is 3.49. The van der Waals surface area contributed by atoms with Gasteiger partial charge in [0.25, 0.3) is 0 Å². The first-order chi connectivity index (χ1) is 10.4. The average Bonchev–Trinajstić information content (AvgIpc) is 2.53. The van der Waals surface area contributed by atoms with E-state index in [0.29, 0.717) is 6.61 Å².